The van der Waals surface area contributed by atoms with Gasteiger partial charge in [0.05, 0.1) is 19.8 Å². The molecule has 3 heterocycles. The van der Waals surface area contributed by atoms with Gasteiger partial charge in [-0.15, -0.1) is 0 Å². The summed E-state index contributed by atoms with van der Waals surface area (Å²) in [6, 6.07) is 8.89. The van der Waals surface area contributed by atoms with Crippen molar-refractivity contribution < 1.29 is 9.47 Å². The van der Waals surface area contributed by atoms with Crippen LogP contribution >= 0.6 is 0 Å². The summed E-state index contributed by atoms with van der Waals surface area (Å²) in [5, 5.41) is 3.68. The summed E-state index contributed by atoms with van der Waals surface area (Å²) in [6.45, 7) is 7.15. The first-order chi connectivity index (χ1) is 13.7. The van der Waals surface area contributed by atoms with Gasteiger partial charge in [-0.1, -0.05) is 12.1 Å². The lowest BCUT2D eigenvalue weighted by Gasteiger charge is -2.31. The molecule has 6 heteroatoms. The number of hydrogen-bond acceptors (Lipinski definition) is 4. The smallest absolute Gasteiger partial charge is 0.193 e. The van der Waals surface area contributed by atoms with Crippen LogP contribution in [0.5, 0.6) is 5.75 Å². The Balaban J connectivity index is 1.42. The van der Waals surface area contributed by atoms with Crippen LogP contribution in [0.25, 0.3) is 0 Å². The number of nitrogens with zero attached hydrogens (tertiary/aromatic N) is 3. The van der Waals surface area contributed by atoms with Crippen LogP contribution in [0.3, 0.4) is 0 Å². The standard InChI is InChI=1S/C22H34N4O2/c1-23-21(26-13-9-22(16-26)10-14-28-17-22)24-15-20(25-11-3-4-12-25)18-5-7-19(27-2)8-6-18/h5-8,20H,3-4,9-17H2,1-2H3,(H,23,24). The molecule has 0 bridgehead atoms. The van der Waals surface area contributed by atoms with E-state index in [1.54, 1.807) is 7.11 Å². The van der Waals surface area contributed by atoms with Gasteiger partial charge < -0.3 is 19.7 Å². The van der Waals surface area contributed by atoms with Crippen molar-refractivity contribution in [2.45, 2.75) is 31.7 Å². The molecule has 1 aromatic rings. The summed E-state index contributed by atoms with van der Waals surface area (Å²) in [6.07, 6.45) is 4.97. The quantitative estimate of drug-likeness (QED) is 0.622. The first-order valence-corrected chi connectivity index (χ1v) is 10.6. The van der Waals surface area contributed by atoms with Crippen LogP contribution in [0, 0.1) is 5.41 Å². The van der Waals surface area contributed by atoms with E-state index in [1.807, 2.05) is 7.05 Å². The van der Waals surface area contributed by atoms with E-state index in [0.29, 0.717) is 11.5 Å². The van der Waals surface area contributed by atoms with Gasteiger partial charge in [-0.25, -0.2) is 0 Å². The SMILES string of the molecule is CN=C(NCC(c1ccc(OC)cc1)N1CCCC1)N1CCC2(CCOC2)C1. The van der Waals surface area contributed by atoms with Gasteiger partial charge in [-0.05, 0) is 56.5 Å². The van der Waals surface area contributed by atoms with Crippen molar-refractivity contribution in [3.8, 4) is 5.75 Å². The lowest BCUT2D eigenvalue weighted by atomic mass is 9.87. The van der Waals surface area contributed by atoms with Gasteiger partial charge in [0, 0.05) is 38.7 Å². The Morgan fingerprint density at radius 3 is 2.64 bits per heavy atom. The molecule has 3 saturated heterocycles. The zero-order valence-corrected chi connectivity index (χ0v) is 17.3. The third-order valence-electron chi connectivity index (χ3n) is 6.67. The molecule has 0 aromatic heterocycles. The normalized spacial score (nSPS) is 26.9. The van der Waals surface area contributed by atoms with E-state index in [4.69, 9.17) is 9.47 Å². The average Bonchev–Trinajstić information content (AvgIpc) is 3.50. The highest BCUT2D eigenvalue weighted by Crippen LogP contribution is 2.38. The lowest BCUT2D eigenvalue weighted by Crippen LogP contribution is -2.45. The molecule has 1 N–H and O–H groups in total. The van der Waals surface area contributed by atoms with Crippen LogP contribution in [0.1, 0.15) is 37.3 Å². The van der Waals surface area contributed by atoms with E-state index >= 15 is 0 Å². The second kappa shape index (κ2) is 8.70. The van der Waals surface area contributed by atoms with Crippen LogP contribution in [0.15, 0.2) is 29.3 Å². The fourth-order valence-electron chi connectivity index (χ4n) is 4.94. The first-order valence-electron chi connectivity index (χ1n) is 10.6. The molecule has 6 nitrogen and oxygen atoms in total. The van der Waals surface area contributed by atoms with Gasteiger partial charge in [-0.2, -0.15) is 0 Å². The molecule has 0 aliphatic carbocycles. The van der Waals surface area contributed by atoms with E-state index in [9.17, 15) is 0 Å². The molecular weight excluding hydrogens is 352 g/mol. The molecule has 2 atom stereocenters. The van der Waals surface area contributed by atoms with Crippen molar-refractivity contribution in [3.05, 3.63) is 29.8 Å². The monoisotopic (exact) mass is 386 g/mol. The number of nitrogens with one attached hydrogen (secondary N) is 1. The summed E-state index contributed by atoms with van der Waals surface area (Å²) in [7, 11) is 3.62. The Labute approximate surface area is 168 Å². The number of hydrogen-bond donors (Lipinski definition) is 1. The van der Waals surface area contributed by atoms with Crippen LogP contribution in [-0.4, -0.2) is 75.9 Å². The van der Waals surface area contributed by atoms with Crippen molar-refractivity contribution in [2.75, 3.05) is 60.1 Å². The van der Waals surface area contributed by atoms with Crippen molar-refractivity contribution in [2.24, 2.45) is 10.4 Å². The van der Waals surface area contributed by atoms with Crippen molar-refractivity contribution >= 4 is 5.96 Å². The number of ether oxygens (including phenoxy) is 2. The molecule has 4 rings (SSSR count). The van der Waals surface area contributed by atoms with Gasteiger partial charge in [-0.3, -0.25) is 9.89 Å². The molecule has 154 valence electrons. The summed E-state index contributed by atoms with van der Waals surface area (Å²) >= 11 is 0. The second-order valence-electron chi connectivity index (χ2n) is 8.43. The maximum absolute atomic E-state index is 5.68. The largest absolute Gasteiger partial charge is 0.497 e. The Morgan fingerprint density at radius 2 is 2.00 bits per heavy atom. The van der Waals surface area contributed by atoms with E-state index < -0.39 is 0 Å². The van der Waals surface area contributed by atoms with Gasteiger partial charge in [0.2, 0.25) is 0 Å². The molecular formula is C22H34N4O2. The number of guanidine groups is 1. The van der Waals surface area contributed by atoms with Crippen molar-refractivity contribution in [1.82, 2.24) is 15.1 Å². The Hall–Kier alpha value is -1.79. The van der Waals surface area contributed by atoms with E-state index in [0.717, 1.165) is 44.6 Å². The average molecular weight is 387 g/mol. The molecule has 0 radical (unpaired) electrons. The Kier molecular flexibility index (Phi) is 6.07. The molecule has 1 aromatic carbocycles. The van der Waals surface area contributed by atoms with Gasteiger partial charge in [0.15, 0.2) is 5.96 Å². The maximum Gasteiger partial charge on any atom is 0.193 e. The van der Waals surface area contributed by atoms with Crippen molar-refractivity contribution in [1.29, 1.82) is 0 Å². The zero-order valence-electron chi connectivity index (χ0n) is 17.3. The number of likely N-dealkylation sites (tertiary alicyclic amines) is 2. The van der Waals surface area contributed by atoms with Crippen LogP contribution in [0.4, 0.5) is 0 Å². The second-order valence-corrected chi connectivity index (χ2v) is 8.43. The highest BCUT2D eigenvalue weighted by atomic mass is 16.5. The van der Waals surface area contributed by atoms with Crippen molar-refractivity contribution in [3.63, 3.8) is 0 Å². The van der Waals surface area contributed by atoms with Gasteiger partial charge >= 0.3 is 0 Å². The number of methoxy groups -OCH3 is 1. The minimum absolute atomic E-state index is 0.349. The summed E-state index contributed by atoms with van der Waals surface area (Å²) in [5.41, 5.74) is 1.69. The summed E-state index contributed by atoms with van der Waals surface area (Å²) < 4.78 is 11.0. The molecule has 3 fully saturated rings. The van der Waals surface area contributed by atoms with Crippen LogP contribution in [-0.2, 0) is 4.74 Å². The van der Waals surface area contributed by atoms with Crippen LogP contribution < -0.4 is 10.1 Å². The minimum Gasteiger partial charge on any atom is -0.497 e. The summed E-state index contributed by atoms with van der Waals surface area (Å²) in [5.74, 6) is 1.94. The first kappa shape index (κ1) is 19.5. The molecule has 28 heavy (non-hydrogen) atoms. The molecule has 1 spiro atoms. The fourth-order valence-corrected chi connectivity index (χ4v) is 4.94. The van der Waals surface area contributed by atoms with E-state index in [1.165, 1.54) is 44.3 Å². The Bertz CT molecular complexity index is 664. The molecule has 3 aliphatic rings. The molecule has 0 amide bonds. The summed E-state index contributed by atoms with van der Waals surface area (Å²) in [4.78, 5) is 9.61. The topological polar surface area (TPSA) is 49.3 Å². The number of aliphatic imine (C=N–C) groups is 1. The maximum atomic E-state index is 5.68. The zero-order chi connectivity index (χ0) is 19.4. The lowest BCUT2D eigenvalue weighted by molar-refractivity contribution is 0.156. The highest BCUT2D eigenvalue weighted by Gasteiger charge is 2.42. The number of benzene rings is 1. The van der Waals surface area contributed by atoms with Gasteiger partial charge in [0.1, 0.15) is 5.75 Å². The predicted octanol–water partition coefficient (Wildman–Crippen LogP) is 2.52. The third-order valence-corrected chi connectivity index (χ3v) is 6.67. The van der Waals surface area contributed by atoms with E-state index in [-0.39, 0.29) is 0 Å². The molecule has 3 aliphatic heterocycles. The van der Waals surface area contributed by atoms with Crippen LogP contribution in [0.2, 0.25) is 0 Å². The Morgan fingerprint density at radius 1 is 1.21 bits per heavy atom. The molecule has 2 unspecified atom stereocenters. The highest BCUT2D eigenvalue weighted by molar-refractivity contribution is 5.80. The third kappa shape index (κ3) is 4.13. The molecule has 0 saturated carbocycles. The fraction of sp³-hybridized carbons (Fsp3) is 0.682. The minimum atomic E-state index is 0.349. The van der Waals surface area contributed by atoms with E-state index in [2.05, 4.69) is 44.4 Å². The van der Waals surface area contributed by atoms with Gasteiger partial charge in [0.25, 0.3) is 0 Å². The predicted molar refractivity (Wildman–Crippen MR) is 112 cm³/mol. The number of rotatable bonds is 5.